The van der Waals surface area contributed by atoms with Crippen LogP contribution in [-0.2, 0) is 30.2 Å². The van der Waals surface area contributed by atoms with Crippen molar-refractivity contribution in [3.63, 3.8) is 0 Å². The van der Waals surface area contributed by atoms with Crippen molar-refractivity contribution in [2.75, 3.05) is 14.2 Å². The molecule has 6 nitrogen and oxygen atoms in total. The maximum absolute atomic E-state index is 9.38. The van der Waals surface area contributed by atoms with Gasteiger partial charge in [0.1, 0.15) is 29.5 Å². The highest BCUT2D eigenvalue weighted by atomic mass is 16.5. The van der Waals surface area contributed by atoms with Gasteiger partial charge in [0.15, 0.2) is 0 Å². The second kappa shape index (κ2) is 14.8. The number of ether oxygens (including phenoxy) is 4. The van der Waals surface area contributed by atoms with Crippen LogP contribution in [0.1, 0.15) is 33.4 Å². The third kappa shape index (κ3) is 7.20. The van der Waals surface area contributed by atoms with Gasteiger partial charge in [-0.2, -0.15) is 0 Å². The minimum Gasteiger partial charge on any atom is -0.497 e. The van der Waals surface area contributed by atoms with E-state index < -0.39 is 5.60 Å². The van der Waals surface area contributed by atoms with Gasteiger partial charge < -0.3 is 24.1 Å². The lowest BCUT2D eigenvalue weighted by atomic mass is 9.80. The minimum absolute atomic E-state index is 0.0136. The smallest absolute Gasteiger partial charge is 0.144 e. The van der Waals surface area contributed by atoms with E-state index in [1.54, 1.807) is 14.2 Å². The molecule has 0 aliphatic carbocycles. The first-order chi connectivity index (χ1) is 23.1. The number of hydrogen-bond donors (Lipinski definition) is 1. The fourth-order valence-corrected chi connectivity index (χ4v) is 5.65. The lowest BCUT2D eigenvalue weighted by Crippen LogP contribution is -2.32. The highest BCUT2D eigenvalue weighted by molar-refractivity contribution is 5.60. The molecule has 0 fully saturated rings. The normalized spacial score (nSPS) is 11.2. The van der Waals surface area contributed by atoms with Gasteiger partial charge in [-0.3, -0.25) is 4.98 Å². The third-order valence-electron chi connectivity index (χ3n) is 8.18. The number of nitrogens with zero attached hydrogens (tertiary/aromatic N) is 1. The number of pyridine rings is 1. The van der Waals surface area contributed by atoms with Gasteiger partial charge in [-0.25, -0.2) is 0 Å². The van der Waals surface area contributed by atoms with E-state index in [1.165, 1.54) is 0 Å². The van der Waals surface area contributed by atoms with Gasteiger partial charge >= 0.3 is 0 Å². The molecule has 1 N–H and O–H groups in total. The third-order valence-corrected chi connectivity index (χ3v) is 8.18. The first-order valence-corrected chi connectivity index (χ1v) is 15.5. The molecule has 6 heteroatoms. The first-order valence-electron chi connectivity index (χ1n) is 15.5. The van der Waals surface area contributed by atoms with Gasteiger partial charge in [0.2, 0.25) is 0 Å². The van der Waals surface area contributed by atoms with Crippen LogP contribution in [0.2, 0.25) is 0 Å². The van der Waals surface area contributed by atoms with Crippen molar-refractivity contribution < 1.29 is 24.1 Å². The van der Waals surface area contributed by atoms with Crippen molar-refractivity contribution in [1.82, 2.24) is 4.98 Å². The van der Waals surface area contributed by atoms with Crippen molar-refractivity contribution in [2.24, 2.45) is 0 Å². The maximum atomic E-state index is 9.38. The minimum atomic E-state index is -0.909. The van der Waals surface area contributed by atoms with Crippen LogP contribution in [0.25, 0.3) is 11.3 Å². The van der Waals surface area contributed by atoms with Gasteiger partial charge in [-0.15, -0.1) is 0 Å². The molecule has 236 valence electrons. The molecule has 6 rings (SSSR count). The molecule has 0 saturated carbocycles. The van der Waals surface area contributed by atoms with Crippen LogP contribution in [-0.4, -0.2) is 24.3 Å². The fraction of sp³-hybridized carbons (Fsp3) is 0.146. The molecule has 0 spiro atoms. The van der Waals surface area contributed by atoms with E-state index in [2.05, 4.69) is 42.5 Å². The summed E-state index contributed by atoms with van der Waals surface area (Å²) in [6, 6.07) is 46.0. The topological polar surface area (TPSA) is 70.0 Å². The van der Waals surface area contributed by atoms with Gasteiger partial charge in [-0.1, -0.05) is 84.9 Å². The predicted molar refractivity (Wildman–Crippen MR) is 183 cm³/mol. The Kier molecular flexibility index (Phi) is 9.92. The number of methoxy groups -OCH3 is 2. The predicted octanol–water partition coefficient (Wildman–Crippen LogP) is 8.35. The van der Waals surface area contributed by atoms with Crippen LogP contribution in [0.4, 0.5) is 0 Å². The van der Waals surface area contributed by atoms with Gasteiger partial charge in [-0.05, 0) is 88.0 Å². The van der Waals surface area contributed by atoms with Gasteiger partial charge in [0.25, 0.3) is 0 Å². The zero-order chi connectivity index (χ0) is 32.5. The summed E-state index contributed by atoms with van der Waals surface area (Å²) < 4.78 is 23.9. The van der Waals surface area contributed by atoms with E-state index in [0.29, 0.717) is 13.2 Å². The quantitative estimate of drug-likeness (QED) is 0.130. The zero-order valence-electron chi connectivity index (χ0n) is 26.5. The van der Waals surface area contributed by atoms with Crippen molar-refractivity contribution in [3.8, 4) is 28.5 Å². The average molecular weight is 624 g/mol. The van der Waals surface area contributed by atoms with Crippen LogP contribution in [0.15, 0.2) is 146 Å². The van der Waals surface area contributed by atoms with E-state index in [9.17, 15) is 5.11 Å². The summed E-state index contributed by atoms with van der Waals surface area (Å²) >= 11 is 0. The lowest BCUT2D eigenvalue weighted by Gasteiger charge is -2.36. The molecule has 0 atom stereocenters. The number of aliphatic hydroxyl groups excluding tert-OH is 1. The molecule has 0 amide bonds. The molecular weight excluding hydrogens is 586 g/mol. The van der Waals surface area contributed by atoms with Crippen LogP contribution in [0.3, 0.4) is 0 Å². The molecule has 0 saturated heterocycles. The maximum Gasteiger partial charge on any atom is 0.144 e. The Morgan fingerprint density at radius 3 is 1.72 bits per heavy atom. The molecule has 0 aliphatic rings. The molecule has 1 heterocycles. The van der Waals surface area contributed by atoms with Crippen molar-refractivity contribution in [3.05, 3.63) is 179 Å². The largest absolute Gasteiger partial charge is 0.497 e. The number of aromatic nitrogens is 1. The molecular formula is C41H37NO5. The Morgan fingerprint density at radius 2 is 1.15 bits per heavy atom. The van der Waals surface area contributed by atoms with Crippen LogP contribution in [0, 0.1) is 0 Å². The summed E-state index contributed by atoms with van der Waals surface area (Å²) in [6.45, 7) is 0.766. The van der Waals surface area contributed by atoms with Crippen LogP contribution >= 0.6 is 0 Å². The van der Waals surface area contributed by atoms with E-state index in [4.69, 9.17) is 23.9 Å². The Morgan fingerprint density at radius 1 is 0.553 bits per heavy atom. The monoisotopic (exact) mass is 623 g/mol. The fourth-order valence-electron chi connectivity index (χ4n) is 5.65. The SMILES string of the molecule is COc1ccc(C(OCc2ccc(-c3ccc(OCc4cccc(CO)c4)cc3)nc2)(c2ccccc2)c2ccc(OC)cc2)cc1. The Labute approximate surface area is 275 Å². The molecule has 0 unspecified atom stereocenters. The molecule has 0 bridgehead atoms. The van der Waals surface area contributed by atoms with Gasteiger partial charge in [0, 0.05) is 11.8 Å². The summed E-state index contributed by atoms with van der Waals surface area (Å²) in [5.74, 6) is 2.32. The average Bonchev–Trinajstić information content (AvgIpc) is 3.15. The molecule has 5 aromatic carbocycles. The number of aliphatic hydroxyl groups is 1. The van der Waals surface area contributed by atoms with Crippen LogP contribution < -0.4 is 14.2 Å². The summed E-state index contributed by atoms with van der Waals surface area (Å²) in [4.78, 5) is 4.78. The summed E-state index contributed by atoms with van der Waals surface area (Å²) in [5.41, 5.74) is 6.71. The van der Waals surface area contributed by atoms with E-state index >= 15 is 0 Å². The highest BCUT2D eigenvalue weighted by Gasteiger charge is 2.38. The second-order valence-corrected chi connectivity index (χ2v) is 11.1. The molecule has 1 aromatic heterocycles. The van der Waals surface area contributed by atoms with E-state index in [0.717, 1.165) is 61.9 Å². The molecule has 47 heavy (non-hydrogen) atoms. The molecule has 0 radical (unpaired) electrons. The standard InChI is InChI=1S/C41H37NO5/c1-44-37-20-14-35(15-21-37)41(34-9-4-3-5-10-34,36-16-22-38(45-2)23-17-36)47-29-32-11-24-40(42-26-32)33-12-18-39(19-13-33)46-28-31-8-6-7-30(25-31)27-43/h3-26,43H,27-29H2,1-2H3. The zero-order valence-corrected chi connectivity index (χ0v) is 26.5. The summed E-state index contributed by atoms with van der Waals surface area (Å²) in [6.07, 6.45) is 1.87. The van der Waals surface area contributed by atoms with Crippen molar-refractivity contribution in [1.29, 1.82) is 0 Å². The van der Waals surface area contributed by atoms with Crippen molar-refractivity contribution >= 4 is 0 Å². The Bertz CT molecular complexity index is 1810. The van der Waals surface area contributed by atoms with E-state index in [-0.39, 0.29) is 6.61 Å². The Hall–Kier alpha value is -5.43. The number of rotatable bonds is 13. The van der Waals surface area contributed by atoms with Gasteiger partial charge in [0.05, 0.1) is 33.1 Å². The lowest BCUT2D eigenvalue weighted by molar-refractivity contribution is 0.0000784. The second-order valence-electron chi connectivity index (χ2n) is 11.1. The Balaban J connectivity index is 1.23. The van der Waals surface area contributed by atoms with Crippen LogP contribution in [0.5, 0.6) is 17.2 Å². The first kappa shape index (κ1) is 31.5. The molecule has 0 aliphatic heterocycles. The number of hydrogen-bond acceptors (Lipinski definition) is 6. The number of benzene rings is 5. The summed E-state index contributed by atoms with van der Waals surface area (Å²) in [7, 11) is 3.33. The summed E-state index contributed by atoms with van der Waals surface area (Å²) in [5, 5.41) is 9.38. The van der Waals surface area contributed by atoms with E-state index in [1.807, 2.05) is 103 Å². The van der Waals surface area contributed by atoms with Crippen molar-refractivity contribution in [2.45, 2.75) is 25.4 Å². The highest BCUT2D eigenvalue weighted by Crippen LogP contribution is 2.42. The molecule has 6 aromatic rings.